The molecule has 7 nitrogen and oxygen atoms in total. The predicted molar refractivity (Wildman–Crippen MR) is 77.5 cm³/mol. The van der Waals surface area contributed by atoms with Crippen LogP contribution in [0.2, 0.25) is 0 Å². The van der Waals surface area contributed by atoms with Crippen molar-refractivity contribution in [1.82, 2.24) is 10.9 Å². The van der Waals surface area contributed by atoms with E-state index in [0.717, 1.165) is 0 Å². The molecule has 1 unspecified atom stereocenters. The summed E-state index contributed by atoms with van der Waals surface area (Å²) in [7, 11) is 0. The molecule has 1 atom stereocenters. The second-order valence-electron chi connectivity index (χ2n) is 3.77. The molecule has 2 amide bonds. The van der Waals surface area contributed by atoms with Crippen molar-refractivity contribution in [3.8, 4) is 0 Å². The highest BCUT2D eigenvalue weighted by Crippen LogP contribution is 2.07. The highest BCUT2D eigenvalue weighted by molar-refractivity contribution is 7.99. The van der Waals surface area contributed by atoms with Crippen LogP contribution in [0, 0.1) is 0 Å². The van der Waals surface area contributed by atoms with Gasteiger partial charge in [-0.1, -0.05) is 6.07 Å². The Balaban J connectivity index is 2.12. The fourth-order valence-electron chi connectivity index (χ4n) is 1.13. The summed E-state index contributed by atoms with van der Waals surface area (Å²) in [5, 5.41) is 10.3. The lowest BCUT2D eigenvalue weighted by Crippen LogP contribution is -2.42. The minimum Gasteiger partial charge on any atom is -0.480 e. The highest BCUT2D eigenvalue weighted by Gasteiger charge is 2.11. The minimum atomic E-state index is -1.06. The number of nitrogens with one attached hydrogen (secondary N) is 2. The van der Waals surface area contributed by atoms with Gasteiger partial charge in [0.25, 0.3) is 5.91 Å². The monoisotopic (exact) mass is 317 g/mol. The van der Waals surface area contributed by atoms with Crippen molar-refractivity contribution in [3.63, 3.8) is 0 Å². The van der Waals surface area contributed by atoms with Crippen LogP contribution in [0.1, 0.15) is 16.1 Å². The van der Waals surface area contributed by atoms with Gasteiger partial charge in [0.2, 0.25) is 5.91 Å². The number of aliphatic carboxylic acids is 1. The number of thioether (sulfide) groups is 1. The Kier molecular flexibility index (Phi) is 7.05. The zero-order valence-corrected chi connectivity index (χ0v) is 12.1. The Hall–Kier alpha value is -1.58. The first-order valence-corrected chi connectivity index (χ1v) is 7.73. The predicted octanol–water partition coefficient (Wildman–Crippen LogP) is 0.0443. The number of hydrogen-bond acceptors (Lipinski definition) is 6. The number of nitrogens with two attached hydrogens (primary N) is 1. The lowest BCUT2D eigenvalue weighted by atomic mass is 10.2. The van der Waals surface area contributed by atoms with Crippen molar-refractivity contribution < 1.29 is 19.5 Å². The molecule has 1 aromatic heterocycles. The summed E-state index contributed by atoms with van der Waals surface area (Å²) in [6.45, 7) is 0. The van der Waals surface area contributed by atoms with Gasteiger partial charge in [-0.15, -0.1) is 11.3 Å². The lowest BCUT2D eigenvalue weighted by Gasteiger charge is -2.07. The standard InChI is InChI=1S/C11H15N3O4S2/c12-7(11(17)18)3-5-19-6-9(15)13-14-10(16)8-2-1-4-20-8/h1-2,4,7H,3,5-6,12H2,(H,13,15)(H,14,16)(H,17,18). The summed E-state index contributed by atoms with van der Waals surface area (Å²) in [6, 6.07) is 2.47. The second-order valence-corrected chi connectivity index (χ2v) is 5.82. The summed E-state index contributed by atoms with van der Waals surface area (Å²) >= 11 is 2.52. The summed E-state index contributed by atoms with van der Waals surface area (Å²) in [5.74, 6) is -1.20. The van der Waals surface area contributed by atoms with E-state index >= 15 is 0 Å². The van der Waals surface area contributed by atoms with E-state index in [9.17, 15) is 14.4 Å². The van der Waals surface area contributed by atoms with Gasteiger partial charge < -0.3 is 10.8 Å². The zero-order valence-electron chi connectivity index (χ0n) is 10.5. The lowest BCUT2D eigenvalue weighted by molar-refractivity contribution is -0.138. The molecule has 20 heavy (non-hydrogen) atoms. The Morgan fingerprint density at radius 1 is 1.40 bits per heavy atom. The van der Waals surface area contributed by atoms with Crippen LogP contribution in [0.25, 0.3) is 0 Å². The summed E-state index contributed by atoms with van der Waals surface area (Å²) in [5.41, 5.74) is 9.89. The molecule has 9 heteroatoms. The van der Waals surface area contributed by atoms with Crippen LogP contribution in [0.5, 0.6) is 0 Å². The zero-order chi connectivity index (χ0) is 15.0. The quantitative estimate of drug-likeness (QED) is 0.416. The number of carboxylic acids is 1. The van der Waals surface area contributed by atoms with Crippen molar-refractivity contribution in [3.05, 3.63) is 22.4 Å². The minimum absolute atomic E-state index is 0.122. The molecule has 0 aliphatic carbocycles. The molecule has 1 rings (SSSR count). The first kappa shape index (κ1) is 16.5. The Bertz CT molecular complexity index is 464. The summed E-state index contributed by atoms with van der Waals surface area (Å²) in [4.78, 5) is 33.9. The van der Waals surface area contributed by atoms with E-state index in [-0.39, 0.29) is 24.0 Å². The molecular formula is C11H15N3O4S2. The van der Waals surface area contributed by atoms with Crippen LogP contribution < -0.4 is 16.6 Å². The molecule has 0 aliphatic rings. The largest absolute Gasteiger partial charge is 0.480 e. The molecule has 0 saturated carbocycles. The van der Waals surface area contributed by atoms with Gasteiger partial charge in [-0.2, -0.15) is 11.8 Å². The van der Waals surface area contributed by atoms with Gasteiger partial charge in [-0.05, 0) is 23.6 Å². The summed E-state index contributed by atoms with van der Waals surface area (Å²) in [6.07, 6.45) is 0.287. The molecule has 110 valence electrons. The van der Waals surface area contributed by atoms with Gasteiger partial charge in [-0.25, -0.2) is 0 Å². The van der Waals surface area contributed by atoms with Gasteiger partial charge in [0.05, 0.1) is 10.6 Å². The summed E-state index contributed by atoms with van der Waals surface area (Å²) < 4.78 is 0. The highest BCUT2D eigenvalue weighted by atomic mass is 32.2. The number of hydrazine groups is 1. The number of thiophene rings is 1. The van der Waals surface area contributed by atoms with Crippen molar-refractivity contribution in [1.29, 1.82) is 0 Å². The molecule has 0 aliphatic heterocycles. The van der Waals surface area contributed by atoms with E-state index < -0.39 is 12.0 Å². The van der Waals surface area contributed by atoms with Crippen LogP contribution in [-0.2, 0) is 9.59 Å². The van der Waals surface area contributed by atoms with Crippen molar-refractivity contribution in [2.45, 2.75) is 12.5 Å². The van der Waals surface area contributed by atoms with Crippen molar-refractivity contribution >= 4 is 40.9 Å². The van der Waals surface area contributed by atoms with E-state index in [4.69, 9.17) is 10.8 Å². The molecular weight excluding hydrogens is 302 g/mol. The third-order valence-corrected chi connectivity index (χ3v) is 4.04. The Morgan fingerprint density at radius 3 is 2.75 bits per heavy atom. The van der Waals surface area contributed by atoms with E-state index in [1.807, 2.05) is 0 Å². The molecule has 1 aromatic rings. The smallest absolute Gasteiger partial charge is 0.320 e. The number of amides is 2. The van der Waals surface area contributed by atoms with Crippen LogP contribution in [-0.4, -0.2) is 40.4 Å². The maximum atomic E-state index is 11.5. The maximum Gasteiger partial charge on any atom is 0.320 e. The normalized spacial score (nSPS) is 11.7. The number of carbonyl (C=O) groups excluding carboxylic acids is 2. The average Bonchev–Trinajstić information content (AvgIpc) is 2.94. The van der Waals surface area contributed by atoms with Gasteiger partial charge in [-0.3, -0.25) is 25.2 Å². The topological polar surface area (TPSA) is 122 Å². The number of carbonyl (C=O) groups is 3. The Morgan fingerprint density at radius 2 is 2.15 bits per heavy atom. The number of hydrogen-bond donors (Lipinski definition) is 4. The fraction of sp³-hybridized carbons (Fsp3) is 0.364. The molecule has 0 aromatic carbocycles. The van der Waals surface area contributed by atoms with Crippen molar-refractivity contribution in [2.75, 3.05) is 11.5 Å². The Labute approximate surface area is 123 Å². The van der Waals surface area contributed by atoms with E-state index in [2.05, 4.69) is 10.9 Å². The van der Waals surface area contributed by atoms with E-state index in [1.54, 1.807) is 17.5 Å². The van der Waals surface area contributed by atoms with Crippen LogP contribution >= 0.6 is 23.1 Å². The van der Waals surface area contributed by atoms with Crippen molar-refractivity contribution in [2.24, 2.45) is 5.73 Å². The number of rotatable bonds is 7. The third-order valence-electron chi connectivity index (χ3n) is 2.18. The van der Waals surface area contributed by atoms with E-state index in [1.165, 1.54) is 23.1 Å². The molecule has 1 heterocycles. The van der Waals surface area contributed by atoms with Crippen LogP contribution in [0.4, 0.5) is 0 Å². The van der Waals surface area contributed by atoms with Gasteiger partial charge in [0.15, 0.2) is 0 Å². The number of carboxylic acid groups (broad SMARTS) is 1. The molecule has 5 N–H and O–H groups in total. The third kappa shape index (κ3) is 6.04. The first-order valence-electron chi connectivity index (χ1n) is 5.69. The van der Waals surface area contributed by atoms with Crippen LogP contribution in [0.3, 0.4) is 0 Å². The second kappa shape index (κ2) is 8.56. The average molecular weight is 317 g/mol. The molecule has 0 bridgehead atoms. The maximum absolute atomic E-state index is 11.5. The van der Waals surface area contributed by atoms with Gasteiger partial charge in [0.1, 0.15) is 6.04 Å². The SMILES string of the molecule is NC(CCSCC(=O)NNC(=O)c1cccs1)C(=O)O. The molecule has 0 saturated heterocycles. The van der Waals surface area contributed by atoms with E-state index in [0.29, 0.717) is 10.6 Å². The van der Waals surface area contributed by atoms with Crippen LogP contribution in [0.15, 0.2) is 17.5 Å². The first-order chi connectivity index (χ1) is 9.50. The molecule has 0 spiro atoms. The molecule has 0 radical (unpaired) electrons. The fourth-order valence-corrected chi connectivity index (χ4v) is 2.57. The molecule has 0 fully saturated rings. The van der Waals surface area contributed by atoms with Gasteiger partial charge >= 0.3 is 5.97 Å². The van der Waals surface area contributed by atoms with Gasteiger partial charge in [0, 0.05) is 0 Å².